The fourth-order valence-electron chi connectivity index (χ4n) is 1.92. The summed E-state index contributed by atoms with van der Waals surface area (Å²) in [6, 6.07) is 3.65. The van der Waals surface area contributed by atoms with Crippen molar-refractivity contribution in [3.8, 4) is 0 Å². The lowest BCUT2D eigenvalue weighted by atomic mass is 10.0. The molecule has 7 heteroatoms. The minimum absolute atomic E-state index is 0.178. The first kappa shape index (κ1) is 17.0. The predicted molar refractivity (Wildman–Crippen MR) is 69.6 cm³/mol. The first-order valence-corrected chi connectivity index (χ1v) is 6.43. The number of carbonyl (C=O) groups excluding carboxylic acids is 1. The van der Waals surface area contributed by atoms with Crippen LogP contribution in [0.4, 0.5) is 13.2 Å². The molecule has 0 aliphatic carbocycles. The van der Waals surface area contributed by atoms with Crippen LogP contribution in [0.1, 0.15) is 30.9 Å². The largest absolute Gasteiger partial charge is 0.480 e. The normalized spacial score (nSPS) is 12.8. The van der Waals surface area contributed by atoms with E-state index in [-0.39, 0.29) is 12.0 Å². The van der Waals surface area contributed by atoms with Gasteiger partial charge in [0.05, 0.1) is 12.0 Å². The first-order valence-electron chi connectivity index (χ1n) is 6.43. The maximum absolute atomic E-state index is 12.8. The summed E-state index contributed by atoms with van der Waals surface area (Å²) in [4.78, 5) is 22.6. The van der Waals surface area contributed by atoms with Gasteiger partial charge in [0.15, 0.2) is 0 Å². The molecule has 1 aromatic rings. The van der Waals surface area contributed by atoms with Crippen molar-refractivity contribution in [3.63, 3.8) is 0 Å². The summed E-state index contributed by atoms with van der Waals surface area (Å²) in [6.07, 6.45) is -4.30. The minimum Gasteiger partial charge on any atom is -0.480 e. The van der Waals surface area contributed by atoms with Crippen molar-refractivity contribution in [2.75, 3.05) is 0 Å². The van der Waals surface area contributed by atoms with E-state index < -0.39 is 36.1 Å². The Labute approximate surface area is 120 Å². The van der Waals surface area contributed by atoms with Crippen LogP contribution < -0.4 is 5.32 Å². The second-order valence-electron chi connectivity index (χ2n) is 4.58. The van der Waals surface area contributed by atoms with E-state index in [4.69, 9.17) is 5.11 Å². The Morgan fingerprint density at radius 2 is 1.90 bits per heavy atom. The lowest BCUT2D eigenvalue weighted by molar-refractivity contribution is -0.142. The zero-order valence-electron chi connectivity index (χ0n) is 11.4. The molecule has 0 aromatic heterocycles. The monoisotopic (exact) mass is 303 g/mol. The number of hydrogen-bond donors (Lipinski definition) is 2. The fourth-order valence-corrected chi connectivity index (χ4v) is 1.92. The molecular formula is C14H16F3NO3. The average Bonchev–Trinajstić information content (AvgIpc) is 2.37. The van der Waals surface area contributed by atoms with Crippen LogP contribution in [-0.2, 0) is 22.2 Å². The van der Waals surface area contributed by atoms with Gasteiger partial charge in [0.2, 0.25) is 5.91 Å². The zero-order valence-corrected chi connectivity index (χ0v) is 11.4. The van der Waals surface area contributed by atoms with Crippen molar-refractivity contribution >= 4 is 11.9 Å². The molecule has 1 aromatic carbocycles. The lowest BCUT2D eigenvalue weighted by Gasteiger charge is -2.15. The van der Waals surface area contributed by atoms with E-state index >= 15 is 0 Å². The molecule has 0 saturated carbocycles. The molecule has 0 saturated heterocycles. The number of alkyl halides is 3. The Morgan fingerprint density at radius 3 is 2.43 bits per heavy atom. The molecule has 1 amide bonds. The van der Waals surface area contributed by atoms with Crippen LogP contribution in [0.2, 0.25) is 0 Å². The Bertz CT molecular complexity index is 514. The van der Waals surface area contributed by atoms with Gasteiger partial charge in [-0.1, -0.05) is 31.5 Å². The standard InChI is InChI=1S/C14H16F3NO3/c1-2-5-11(13(20)21)18-12(19)8-9-6-3-4-7-10(9)14(15,16)17/h3-4,6-7,11H,2,5,8H2,1H3,(H,18,19)(H,20,21). The van der Waals surface area contributed by atoms with Gasteiger partial charge in [0.25, 0.3) is 0 Å². The van der Waals surface area contributed by atoms with Crippen molar-refractivity contribution in [2.24, 2.45) is 0 Å². The molecule has 0 radical (unpaired) electrons. The molecule has 21 heavy (non-hydrogen) atoms. The third-order valence-corrected chi connectivity index (χ3v) is 2.88. The van der Waals surface area contributed by atoms with Crippen LogP contribution >= 0.6 is 0 Å². The third kappa shape index (κ3) is 5.09. The van der Waals surface area contributed by atoms with E-state index in [0.29, 0.717) is 6.42 Å². The second kappa shape index (κ2) is 7.10. The number of halogens is 3. The lowest BCUT2D eigenvalue weighted by Crippen LogP contribution is -2.41. The highest BCUT2D eigenvalue weighted by molar-refractivity contribution is 5.85. The van der Waals surface area contributed by atoms with Gasteiger partial charge in [-0.3, -0.25) is 4.79 Å². The average molecular weight is 303 g/mol. The van der Waals surface area contributed by atoms with E-state index in [0.717, 1.165) is 6.07 Å². The number of aliphatic carboxylic acids is 1. The highest BCUT2D eigenvalue weighted by Crippen LogP contribution is 2.31. The van der Waals surface area contributed by atoms with Gasteiger partial charge in [-0.2, -0.15) is 13.2 Å². The quantitative estimate of drug-likeness (QED) is 0.849. The molecule has 116 valence electrons. The number of carbonyl (C=O) groups is 2. The second-order valence-corrected chi connectivity index (χ2v) is 4.58. The van der Waals surface area contributed by atoms with Crippen molar-refractivity contribution < 1.29 is 27.9 Å². The van der Waals surface area contributed by atoms with Crippen LogP contribution in [0.3, 0.4) is 0 Å². The summed E-state index contributed by atoms with van der Waals surface area (Å²) in [5.41, 5.74) is -1.06. The SMILES string of the molecule is CCCC(NC(=O)Cc1ccccc1C(F)(F)F)C(=O)O. The fraction of sp³-hybridized carbons (Fsp3) is 0.429. The van der Waals surface area contributed by atoms with Gasteiger partial charge in [-0.05, 0) is 18.1 Å². The summed E-state index contributed by atoms with van der Waals surface area (Å²) in [5, 5.41) is 11.1. The molecule has 0 fully saturated rings. The molecular weight excluding hydrogens is 287 g/mol. The number of carboxylic acids is 1. The summed E-state index contributed by atoms with van der Waals surface area (Å²) in [5.74, 6) is -1.94. The molecule has 1 rings (SSSR count). The number of benzene rings is 1. The maximum Gasteiger partial charge on any atom is 0.416 e. The van der Waals surface area contributed by atoms with Crippen LogP contribution in [0, 0.1) is 0 Å². The van der Waals surface area contributed by atoms with Gasteiger partial charge in [0, 0.05) is 0 Å². The summed E-state index contributed by atoms with van der Waals surface area (Å²) in [7, 11) is 0. The Hall–Kier alpha value is -2.05. The zero-order chi connectivity index (χ0) is 16.0. The topological polar surface area (TPSA) is 66.4 Å². The summed E-state index contributed by atoms with van der Waals surface area (Å²) in [6.45, 7) is 1.75. The third-order valence-electron chi connectivity index (χ3n) is 2.88. The van der Waals surface area contributed by atoms with Crippen molar-refractivity contribution in [1.82, 2.24) is 5.32 Å². The molecule has 0 aliphatic rings. The van der Waals surface area contributed by atoms with E-state index in [1.165, 1.54) is 18.2 Å². The smallest absolute Gasteiger partial charge is 0.416 e. The van der Waals surface area contributed by atoms with Crippen LogP contribution in [-0.4, -0.2) is 23.0 Å². The van der Waals surface area contributed by atoms with Gasteiger partial charge >= 0.3 is 12.1 Å². The first-order chi connectivity index (χ1) is 9.75. The molecule has 4 nitrogen and oxygen atoms in total. The van der Waals surface area contributed by atoms with Crippen LogP contribution in [0.25, 0.3) is 0 Å². The molecule has 1 unspecified atom stereocenters. The maximum atomic E-state index is 12.8. The van der Waals surface area contributed by atoms with Gasteiger partial charge in [-0.15, -0.1) is 0 Å². The van der Waals surface area contributed by atoms with Gasteiger partial charge in [-0.25, -0.2) is 4.79 Å². The van der Waals surface area contributed by atoms with E-state index in [9.17, 15) is 22.8 Å². The van der Waals surface area contributed by atoms with Crippen molar-refractivity contribution in [2.45, 2.75) is 38.4 Å². The molecule has 0 heterocycles. The molecule has 2 N–H and O–H groups in total. The van der Waals surface area contributed by atoms with E-state index in [1.807, 2.05) is 0 Å². The highest BCUT2D eigenvalue weighted by atomic mass is 19.4. The number of carboxylic acid groups (broad SMARTS) is 1. The highest BCUT2D eigenvalue weighted by Gasteiger charge is 2.33. The number of nitrogens with one attached hydrogen (secondary N) is 1. The Kier molecular flexibility index (Phi) is 5.75. The van der Waals surface area contributed by atoms with Gasteiger partial charge < -0.3 is 10.4 Å². The molecule has 0 bridgehead atoms. The minimum atomic E-state index is -4.55. The molecule has 0 spiro atoms. The van der Waals surface area contributed by atoms with Crippen molar-refractivity contribution in [1.29, 1.82) is 0 Å². The van der Waals surface area contributed by atoms with Gasteiger partial charge in [0.1, 0.15) is 6.04 Å². The van der Waals surface area contributed by atoms with Crippen LogP contribution in [0.15, 0.2) is 24.3 Å². The number of rotatable bonds is 6. The van der Waals surface area contributed by atoms with Crippen molar-refractivity contribution in [3.05, 3.63) is 35.4 Å². The van der Waals surface area contributed by atoms with E-state index in [2.05, 4.69) is 5.32 Å². The Balaban J connectivity index is 2.82. The number of amides is 1. The summed E-state index contributed by atoms with van der Waals surface area (Å²) < 4.78 is 38.4. The number of hydrogen-bond acceptors (Lipinski definition) is 2. The van der Waals surface area contributed by atoms with E-state index in [1.54, 1.807) is 6.92 Å². The summed E-state index contributed by atoms with van der Waals surface area (Å²) >= 11 is 0. The molecule has 1 atom stereocenters. The Morgan fingerprint density at radius 1 is 1.29 bits per heavy atom. The molecule has 0 aliphatic heterocycles. The predicted octanol–water partition coefficient (Wildman–Crippen LogP) is 2.62. The van der Waals surface area contributed by atoms with Crippen LogP contribution in [0.5, 0.6) is 0 Å².